The lowest BCUT2D eigenvalue weighted by molar-refractivity contribution is -0.125. The van der Waals surface area contributed by atoms with E-state index in [2.05, 4.69) is 15.5 Å². The normalized spacial score (nSPS) is 18.7. The predicted octanol–water partition coefficient (Wildman–Crippen LogP) is 4.12. The average Bonchev–Trinajstić information content (AvgIpc) is 3.62. The lowest BCUT2D eigenvalue weighted by Crippen LogP contribution is -2.57. The van der Waals surface area contributed by atoms with Gasteiger partial charge in [0.1, 0.15) is 12.6 Å². The van der Waals surface area contributed by atoms with Crippen LogP contribution in [0.5, 0.6) is 5.75 Å². The van der Waals surface area contributed by atoms with Crippen molar-refractivity contribution in [2.24, 2.45) is 0 Å². The third-order valence-electron chi connectivity index (χ3n) is 7.12. The second-order valence-electron chi connectivity index (χ2n) is 9.74. The van der Waals surface area contributed by atoms with Gasteiger partial charge in [0.15, 0.2) is 5.75 Å². The smallest absolute Gasteiger partial charge is 0.387 e. The fourth-order valence-corrected chi connectivity index (χ4v) is 5.85. The highest BCUT2D eigenvalue weighted by Gasteiger charge is 2.43. The number of thiophene rings is 1. The summed E-state index contributed by atoms with van der Waals surface area (Å²) >= 11 is 7.11. The van der Waals surface area contributed by atoms with Gasteiger partial charge in [-0.05, 0) is 49.9 Å². The van der Waals surface area contributed by atoms with Crippen LogP contribution in [0.25, 0.3) is 0 Å². The molecule has 210 valence electrons. The van der Waals surface area contributed by atoms with Crippen LogP contribution in [-0.4, -0.2) is 73.7 Å². The van der Waals surface area contributed by atoms with E-state index in [1.165, 1.54) is 17.0 Å². The van der Waals surface area contributed by atoms with E-state index in [-0.39, 0.29) is 55.0 Å². The van der Waals surface area contributed by atoms with Crippen LogP contribution >= 0.6 is 22.9 Å². The van der Waals surface area contributed by atoms with Crippen molar-refractivity contribution in [2.75, 3.05) is 36.5 Å². The number of nitrogens with one attached hydrogen (secondary N) is 2. The number of hydrogen-bond acceptors (Lipinski definition) is 7. The Hall–Kier alpha value is -2.80. The number of rotatable bonds is 11. The number of nitrogens with zero attached hydrogens (tertiary/aromatic N) is 2. The number of halogens is 3. The van der Waals surface area contributed by atoms with E-state index < -0.39 is 18.6 Å². The summed E-state index contributed by atoms with van der Waals surface area (Å²) in [6.45, 7) is -2.61. The first-order valence-electron chi connectivity index (χ1n) is 12.9. The summed E-state index contributed by atoms with van der Waals surface area (Å²) in [6, 6.07) is 7.31. The van der Waals surface area contributed by atoms with Crippen LogP contribution in [0.3, 0.4) is 0 Å². The minimum Gasteiger partial charge on any atom is -0.433 e. The van der Waals surface area contributed by atoms with Crippen molar-refractivity contribution < 1.29 is 32.6 Å². The Morgan fingerprint density at radius 1 is 1.18 bits per heavy atom. The van der Waals surface area contributed by atoms with Crippen molar-refractivity contribution >= 4 is 52.0 Å². The van der Waals surface area contributed by atoms with Crippen LogP contribution in [0.1, 0.15) is 41.8 Å². The Kier molecular flexibility index (Phi) is 8.65. The Balaban J connectivity index is 1.37. The van der Waals surface area contributed by atoms with E-state index >= 15 is 0 Å². The number of carbonyl (C=O) groups is 3. The fraction of sp³-hybridized carbons (Fsp3) is 0.500. The molecular weight excluding hydrogens is 554 g/mol. The monoisotopic (exact) mass is 582 g/mol. The molecule has 2 saturated carbocycles. The topological polar surface area (TPSA) is 100 Å². The molecule has 1 aromatic carbocycles. The highest BCUT2D eigenvalue weighted by Crippen LogP contribution is 2.38. The molecule has 3 aliphatic rings. The Morgan fingerprint density at radius 3 is 2.56 bits per heavy atom. The van der Waals surface area contributed by atoms with Gasteiger partial charge >= 0.3 is 6.61 Å². The first-order chi connectivity index (χ1) is 18.8. The molecule has 13 heteroatoms. The maximum absolute atomic E-state index is 13.7. The van der Waals surface area contributed by atoms with E-state index in [9.17, 15) is 23.2 Å². The van der Waals surface area contributed by atoms with Gasteiger partial charge in [0.2, 0.25) is 5.91 Å². The first-order valence-corrected chi connectivity index (χ1v) is 14.1. The second kappa shape index (κ2) is 12.2. The molecule has 1 atom stereocenters. The number of morpholine rings is 1. The molecule has 3 amide bonds. The summed E-state index contributed by atoms with van der Waals surface area (Å²) in [5.74, 6) is -1.33. The minimum atomic E-state index is -3.14. The summed E-state index contributed by atoms with van der Waals surface area (Å²) in [6.07, 6.45) is 4.89. The molecule has 39 heavy (non-hydrogen) atoms. The molecule has 5 rings (SSSR count). The number of hydrogen-bond donors (Lipinski definition) is 2. The predicted molar refractivity (Wildman–Crippen MR) is 143 cm³/mol. The van der Waals surface area contributed by atoms with Crippen molar-refractivity contribution in [1.29, 1.82) is 0 Å². The lowest BCUT2D eigenvalue weighted by atomic mass is 9.89. The molecule has 2 heterocycles. The summed E-state index contributed by atoms with van der Waals surface area (Å²) < 4.78 is 37.0. The van der Waals surface area contributed by atoms with Crippen molar-refractivity contribution in [3.63, 3.8) is 0 Å². The van der Waals surface area contributed by atoms with Crippen LogP contribution in [0, 0.1) is 0 Å². The van der Waals surface area contributed by atoms with Gasteiger partial charge in [-0.2, -0.15) is 8.78 Å². The van der Waals surface area contributed by atoms with Gasteiger partial charge in [-0.1, -0.05) is 18.0 Å². The zero-order valence-corrected chi connectivity index (χ0v) is 22.6. The standard InChI is InChI=1S/C26H29ClF2N4O5S/c27-22-9-8-21(39-22)25(36)30-13-19(33(16-4-5-16)15-2-1-3-15)24(35)31-18-7-6-17(12-20(18)38-26(28)29)32-10-11-37-14-23(32)34/h6-9,12,15-16,19,26H,1-5,10-11,13-14H2,(H,30,36)(H,31,35)/t19-/m1/s1. The van der Waals surface area contributed by atoms with E-state index in [1.54, 1.807) is 18.2 Å². The van der Waals surface area contributed by atoms with Gasteiger partial charge < -0.3 is 25.0 Å². The molecule has 1 saturated heterocycles. The first kappa shape index (κ1) is 27.8. The van der Waals surface area contributed by atoms with Gasteiger partial charge in [-0.15, -0.1) is 11.3 Å². The number of carbonyl (C=O) groups excluding carboxylic acids is 3. The van der Waals surface area contributed by atoms with Crippen LogP contribution in [0.15, 0.2) is 30.3 Å². The molecule has 1 aromatic heterocycles. The molecule has 1 aliphatic heterocycles. The quantitative estimate of drug-likeness (QED) is 0.413. The van der Waals surface area contributed by atoms with Crippen LogP contribution in [0.2, 0.25) is 4.34 Å². The third kappa shape index (κ3) is 6.68. The van der Waals surface area contributed by atoms with Gasteiger partial charge in [-0.25, -0.2) is 0 Å². The van der Waals surface area contributed by atoms with Crippen LogP contribution < -0.4 is 20.3 Å². The van der Waals surface area contributed by atoms with Gasteiger partial charge in [0.25, 0.3) is 11.8 Å². The van der Waals surface area contributed by atoms with E-state index in [0.29, 0.717) is 21.5 Å². The largest absolute Gasteiger partial charge is 0.433 e. The Morgan fingerprint density at radius 2 is 1.95 bits per heavy atom. The molecule has 0 spiro atoms. The number of alkyl halides is 2. The lowest BCUT2D eigenvalue weighted by Gasteiger charge is -2.42. The highest BCUT2D eigenvalue weighted by atomic mass is 35.5. The fourth-order valence-electron chi connectivity index (χ4n) is 4.89. The molecule has 9 nitrogen and oxygen atoms in total. The third-order valence-corrected chi connectivity index (χ3v) is 8.35. The van der Waals surface area contributed by atoms with Crippen LogP contribution in [-0.2, 0) is 14.3 Å². The van der Waals surface area contributed by atoms with Crippen molar-refractivity contribution in [3.05, 3.63) is 39.5 Å². The summed E-state index contributed by atoms with van der Waals surface area (Å²) in [5.41, 5.74) is 0.417. The summed E-state index contributed by atoms with van der Waals surface area (Å²) in [4.78, 5) is 42.7. The summed E-state index contributed by atoms with van der Waals surface area (Å²) in [7, 11) is 0. The van der Waals surface area contributed by atoms with Gasteiger partial charge in [0.05, 0.1) is 21.5 Å². The Labute approximate surface area is 233 Å². The second-order valence-corrected chi connectivity index (χ2v) is 11.5. The van der Waals surface area contributed by atoms with E-state index in [4.69, 9.17) is 21.1 Å². The molecule has 2 N–H and O–H groups in total. The Bertz CT molecular complexity index is 1220. The molecule has 0 bridgehead atoms. The number of amides is 3. The van der Waals surface area contributed by atoms with E-state index in [1.807, 2.05) is 0 Å². The number of ether oxygens (including phenoxy) is 2. The van der Waals surface area contributed by atoms with Crippen molar-refractivity contribution in [3.8, 4) is 5.75 Å². The van der Waals surface area contributed by atoms with Gasteiger partial charge in [-0.3, -0.25) is 19.3 Å². The summed E-state index contributed by atoms with van der Waals surface area (Å²) in [5, 5.41) is 5.61. The minimum absolute atomic E-state index is 0.0403. The van der Waals surface area contributed by atoms with Crippen LogP contribution in [0.4, 0.5) is 20.2 Å². The molecule has 0 radical (unpaired) electrons. The molecule has 2 aliphatic carbocycles. The highest BCUT2D eigenvalue weighted by molar-refractivity contribution is 7.18. The molecule has 0 unspecified atom stereocenters. The molecular formula is C26H29ClF2N4O5S. The van der Waals surface area contributed by atoms with Gasteiger partial charge in [0, 0.05) is 36.9 Å². The average molecular weight is 583 g/mol. The number of anilines is 2. The van der Waals surface area contributed by atoms with Crippen molar-refractivity contribution in [1.82, 2.24) is 10.2 Å². The zero-order chi connectivity index (χ0) is 27.5. The number of benzene rings is 1. The maximum Gasteiger partial charge on any atom is 0.387 e. The van der Waals surface area contributed by atoms with Crippen molar-refractivity contribution in [2.45, 2.75) is 56.8 Å². The zero-order valence-electron chi connectivity index (χ0n) is 21.0. The SMILES string of the molecule is O=C(NC[C@H](C(=O)Nc1ccc(N2CCOCC2=O)cc1OC(F)F)N(C1CCC1)C1CC1)c1ccc(Cl)s1. The maximum atomic E-state index is 13.7. The van der Waals surface area contributed by atoms with E-state index in [0.717, 1.165) is 43.4 Å². The molecule has 3 fully saturated rings. The molecule has 2 aromatic rings.